The van der Waals surface area contributed by atoms with Crippen LogP contribution in [-0.4, -0.2) is 16.1 Å². The third kappa shape index (κ3) is 6.22. The van der Waals surface area contributed by atoms with E-state index in [0.29, 0.717) is 6.04 Å². The highest BCUT2D eigenvalue weighted by Gasteiger charge is 2.22. The van der Waals surface area contributed by atoms with Crippen molar-refractivity contribution < 1.29 is 0 Å². The van der Waals surface area contributed by atoms with Gasteiger partial charge in [-0.2, -0.15) is 0 Å². The van der Waals surface area contributed by atoms with Gasteiger partial charge in [-0.05, 0) is 55.2 Å². The molecule has 1 aliphatic rings. The third-order valence-electron chi connectivity index (χ3n) is 5.69. The summed E-state index contributed by atoms with van der Waals surface area (Å²) in [5, 5.41) is 5.31. The average molecular weight is 415 g/mol. The number of halogens is 1. The molecule has 0 aliphatic heterocycles. The molecule has 1 unspecified atom stereocenters. The van der Waals surface area contributed by atoms with E-state index in [1.54, 1.807) is 0 Å². The first-order valence-corrected chi connectivity index (χ1v) is 11.3. The number of thiocarbonyl (C=S) groups is 1. The van der Waals surface area contributed by atoms with Crippen LogP contribution in [0, 0.1) is 0 Å². The summed E-state index contributed by atoms with van der Waals surface area (Å²) in [6.45, 7) is 2.97. The first-order valence-electron chi connectivity index (χ1n) is 10.5. The molecule has 0 amide bonds. The predicted octanol–water partition coefficient (Wildman–Crippen LogP) is 6.89. The lowest BCUT2D eigenvalue weighted by Gasteiger charge is -2.35. The molecular weight excluding hydrogens is 384 g/mol. The Labute approximate surface area is 180 Å². The van der Waals surface area contributed by atoms with Gasteiger partial charge in [-0.3, -0.25) is 0 Å². The van der Waals surface area contributed by atoms with Gasteiger partial charge < -0.3 is 10.2 Å². The van der Waals surface area contributed by atoms with Gasteiger partial charge in [0.25, 0.3) is 0 Å². The van der Waals surface area contributed by atoms with Crippen molar-refractivity contribution in [3.8, 4) is 0 Å². The van der Waals surface area contributed by atoms with Crippen molar-refractivity contribution in [3.63, 3.8) is 0 Å². The van der Waals surface area contributed by atoms with E-state index in [1.165, 1.54) is 56.1 Å². The van der Waals surface area contributed by atoms with Crippen LogP contribution in [0.15, 0.2) is 54.6 Å². The number of nitrogens with zero attached hydrogens (tertiary/aromatic N) is 1. The second-order valence-corrected chi connectivity index (χ2v) is 8.66. The van der Waals surface area contributed by atoms with Gasteiger partial charge in [-0.15, -0.1) is 0 Å². The van der Waals surface area contributed by atoms with Crippen LogP contribution in [0.3, 0.4) is 0 Å². The fraction of sp³-hybridized carbons (Fsp3) is 0.458. The molecule has 2 aromatic rings. The van der Waals surface area contributed by atoms with Gasteiger partial charge in [0.15, 0.2) is 5.11 Å². The van der Waals surface area contributed by atoms with E-state index in [0.717, 1.165) is 16.7 Å². The highest BCUT2D eigenvalue weighted by Crippen LogP contribution is 2.25. The number of hydrogen-bond acceptors (Lipinski definition) is 1. The minimum Gasteiger partial charge on any atom is -0.360 e. The predicted molar refractivity (Wildman–Crippen MR) is 124 cm³/mol. The van der Waals surface area contributed by atoms with Crippen LogP contribution in [0.4, 0.5) is 0 Å². The molecule has 1 saturated carbocycles. The monoisotopic (exact) mass is 414 g/mol. The largest absolute Gasteiger partial charge is 0.360 e. The molecule has 3 rings (SSSR count). The van der Waals surface area contributed by atoms with Crippen LogP contribution in [0.2, 0.25) is 5.02 Å². The Kier molecular flexibility index (Phi) is 8.17. The highest BCUT2D eigenvalue weighted by molar-refractivity contribution is 7.80. The van der Waals surface area contributed by atoms with E-state index in [-0.39, 0.29) is 6.04 Å². The quantitative estimate of drug-likeness (QED) is 0.536. The molecule has 0 bridgehead atoms. The summed E-state index contributed by atoms with van der Waals surface area (Å²) >= 11 is 12.2. The molecule has 4 heteroatoms. The molecule has 150 valence electrons. The number of nitrogens with one attached hydrogen (secondary N) is 1. The maximum atomic E-state index is 6.23. The zero-order valence-electron chi connectivity index (χ0n) is 16.7. The number of rotatable bonds is 5. The summed E-state index contributed by atoms with van der Waals surface area (Å²) in [6.07, 6.45) is 9.08. The van der Waals surface area contributed by atoms with Crippen LogP contribution >= 0.6 is 23.8 Å². The van der Waals surface area contributed by atoms with Gasteiger partial charge in [0.05, 0.1) is 6.04 Å². The fourth-order valence-corrected chi connectivity index (χ4v) is 4.59. The Hall–Kier alpha value is -1.58. The minimum absolute atomic E-state index is 0.189. The smallest absolute Gasteiger partial charge is 0.169 e. The zero-order chi connectivity index (χ0) is 19.8. The van der Waals surface area contributed by atoms with Crippen LogP contribution in [-0.2, 0) is 6.54 Å². The topological polar surface area (TPSA) is 15.3 Å². The van der Waals surface area contributed by atoms with Gasteiger partial charge in [0, 0.05) is 17.6 Å². The van der Waals surface area contributed by atoms with Crippen molar-refractivity contribution in [2.45, 2.75) is 70.5 Å². The first-order chi connectivity index (χ1) is 13.6. The zero-order valence-corrected chi connectivity index (χ0v) is 18.3. The van der Waals surface area contributed by atoms with E-state index in [2.05, 4.69) is 53.5 Å². The van der Waals surface area contributed by atoms with Gasteiger partial charge >= 0.3 is 0 Å². The van der Waals surface area contributed by atoms with Crippen molar-refractivity contribution in [1.82, 2.24) is 10.2 Å². The molecule has 28 heavy (non-hydrogen) atoms. The Morgan fingerprint density at radius 2 is 1.71 bits per heavy atom. The summed E-state index contributed by atoms with van der Waals surface area (Å²) in [7, 11) is 0. The lowest BCUT2D eigenvalue weighted by Crippen LogP contribution is -2.45. The second kappa shape index (κ2) is 10.8. The molecule has 1 fully saturated rings. The van der Waals surface area contributed by atoms with Gasteiger partial charge in [-0.1, -0.05) is 86.2 Å². The Balaban J connectivity index is 1.76. The lowest BCUT2D eigenvalue weighted by molar-refractivity contribution is 0.313. The Bertz CT molecular complexity index is 741. The van der Waals surface area contributed by atoms with Gasteiger partial charge in [0.2, 0.25) is 0 Å². The van der Waals surface area contributed by atoms with Crippen LogP contribution < -0.4 is 5.32 Å². The SMILES string of the molecule is CC(c1ccccc1)N(Cc1cccc(Cl)c1)C(=S)NC1CCCCCCC1. The normalized spacial score (nSPS) is 16.6. The molecule has 2 aromatic carbocycles. The lowest BCUT2D eigenvalue weighted by atomic mass is 9.97. The van der Waals surface area contributed by atoms with Crippen molar-refractivity contribution >= 4 is 28.9 Å². The highest BCUT2D eigenvalue weighted by atomic mass is 35.5. The van der Waals surface area contributed by atoms with Crippen LogP contribution in [0.25, 0.3) is 0 Å². The van der Waals surface area contributed by atoms with Crippen molar-refractivity contribution in [2.75, 3.05) is 0 Å². The molecule has 1 atom stereocenters. The van der Waals surface area contributed by atoms with Crippen molar-refractivity contribution in [3.05, 3.63) is 70.7 Å². The van der Waals surface area contributed by atoms with E-state index in [1.807, 2.05) is 18.2 Å². The Morgan fingerprint density at radius 3 is 2.39 bits per heavy atom. The minimum atomic E-state index is 0.189. The number of benzene rings is 2. The molecule has 0 spiro atoms. The van der Waals surface area contributed by atoms with Gasteiger partial charge in [-0.25, -0.2) is 0 Å². The standard InChI is InChI=1S/C24H31ClN2S/c1-19(21-12-6-5-7-13-21)27(18-20-11-10-14-22(25)17-20)24(28)26-23-15-8-3-2-4-9-16-23/h5-7,10-14,17,19,23H,2-4,8-9,15-16,18H2,1H3,(H,26,28). The molecule has 0 heterocycles. The first kappa shape index (κ1) is 21.1. The molecule has 0 aromatic heterocycles. The van der Waals surface area contributed by atoms with Crippen LogP contribution in [0.5, 0.6) is 0 Å². The summed E-state index contributed by atoms with van der Waals surface area (Å²) in [6, 6.07) is 19.3. The maximum absolute atomic E-state index is 6.23. The Morgan fingerprint density at radius 1 is 1.04 bits per heavy atom. The summed E-state index contributed by atoms with van der Waals surface area (Å²) in [4.78, 5) is 2.30. The van der Waals surface area contributed by atoms with E-state index < -0.39 is 0 Å². The van der Waals surface area contributed by atoms with Crippen molar-refractivity contribution in [2.24, 2.45) is 0 Å². The molecule has 1 aliphatic carbocycles. The van der Waals surface area contributed by atoms with E-state index in [9.17, 15) is 0 Å². The fourth-order valence-electron chi connectivity index (χ4n) is 3.99. The van der Waals surface area contributed by atoms with E-state index in [4.69, 9.17) is 23.8 Å². The molecule has 0 saturated heterocycles. The summed E-state index contributed by atoms with van der Waals surface area (Å²) in [5.74, 6) is 0. The molecule has 2 nitrogen and oxygen atoms in total. The molecular formula is C24H31ClN2S. The van der Waals surface area contributed by atoms with E-state index >= 15 is 0 Å². The van der Waals surface area contributed by atoms with Crippen molar-refractivity contribution in [1.29, 1.82) is 0 Å². The third-order valence-corrected chi connectivity index (χ3v) is 6.27. The van der Waals surface area contributed by atoms with Crippen LogP contribution in [0.1, 0.15) is 69.0 Å². The molecule has 0 radical (unpaired) electrons. The van der Waals surface area contributed by atoms with Gasteiger partial charge in [0.1, 0.15) is 0 Å². The molecule has 1 N–H and O–H groups in total. The number of hydrogen-bond donors (Lipinski definition) is 1. The summed E-state index contributed by atoms with van der Waals surface area (Å²) < 4.78 is 0. The average Bonchev–Trinajstić information content (AvgIpc) is 2.68. The summed E-state index contributed by atoms with van der Waals surface area (Å²) in [5.41, 5.74) is 2.45. The maximum Gasteiger partial charge on any atom is 0.169 e. The second-order valence-electron chi connectivity index (χ2n) is 7.84.